The van der Waals surface area contributed by atoms with Gasteiger partial charge in [-0.2, -0.15) is 9.97 Å². The summed E-state index contributed by atoms with van der Waals surface area (Å²) in [6.45, 7) is 8.81. The maximum absolute atomic E-state index is 10.1. The molecule has 5 N–H and O–H groups in total. The highest BCUT2D eigenvalue weighted by atomic mass is 16.5. The van der Waals surface area contributed by atoms with E-state index in [0.717, 1.165) is 17.8 Å². The number of hydrogen-bond donors (Lipinski definition) is 4. The van der Waals surface area contributed by atoms with Gasteiger partial charge in [0.2, 0.25) is 5.95 Å². The van der Waals surface area contributed by atoms with Gasteiger partial charge in [-0.3, -0.25) is 0 Å². The molecular weight excluding hydrogens is 382 g/mol. The first-order valence-corrected chi connectivity index (χ1v) is 10.1. The number of fused-ring (bicyclic) bond motifs is 1. The molecule has 9 nitrogen and oxygen atoms in total. The van der Waals surface area contributed by atoms with Crippen LogP contribution < -0.4 is 21.1 Å². The number of aliphatic hydroxyl groups is 1. The first kappa shape index (κ1) is 21.6. The molecule has 0 saturated carbocycles. The van der Waals surface area contributed by atoms with E-state index < -0.39 is 5.60 Å². The minimum atomic E-state index is -0.785. The SMILES string of the molecule is CCn1cnc2c(NCc3cccc(OC)c3N)nc(NC(C)CC(C)(C)O)nc21. The smallest absolute Gasteiger partial charge is 0.226 e. The second-order valence-corrected chi connectivity index (χ2v) is 8.05. The van der Waals surface area contributed by atoms with Crippen molar-refractivity contribution in [2.24, 2.45) is 0 Å². The van der Waals surface area contributed by atoms with Gasteiger partial charge in [-0.15, -0.1) is 0 Å². The summed E-state index contributed by atoms with van der Waals surface area (Å²) in [7, 11) is 1.60. The summed E-state index contributed by atoms with van der Waals surface area (Å²) in [5, 5.41) is 16.7. The fourth-order valence-corrected chi connectivity index (χ4v) is 3.48. The number of para-hydroxylation sites is 1. The molecule has 2 aromatic heterocycles. The Morgan fingerprint density at radius 2 is 2.07 bits per heavy atom. The molecule has 1 atom stereocenters. The van der Waals surface area contributed by atoms with E-state index in [9.17, 15) is 5.11 Å². The molecular formula is C21H31N7O2. The molecule has 0 spiro atoms. The Morgan fingerprint density at radius 1 is 1.30 bits per heavy atom. The molecule has 162 valence electrons. The normalized spacial score (nSPS) is 12.7. The number of nitrogen functional groups attached to an aromatic ring is 1. The molecule has 30 heavy (non-hydrogen) atoms. The summed E-state index contributed by atoms with van der Waals surface area (Å²) in [5.74, 6) is 1.74. The van der Waals surface area contributed by atoms with Gasteiger partial charge in [-0.05, 0) is 45.7 Å². The number of aryl methyl sites for hydroxylation is 1. The van der Waals surface area contributed by atoms with Crippen LogP contribution in [0.25, 0.3) is 11.2 Å². The van der Waals surface area contributed by atoms with Crippen LogP contribution in [0.5, 0.6) is 5.75 Å². The number of nitrogens with two attached hydrogens (primary N) is 1. The Kier molecular flexibility index (Phi) is 6.31. The third-order valence-electron chi connectivity index (χ3n) is 4.81. The number of nitrogens with zero attached hydrogens (tertiary/aromatic N) is 4. The average Bonchev–Trinajstić information content (AvgIpc) is 3.08. The highest BCUT2D eigenvalue weighted by molar-refractivity contribution is 5.84. The standard InChI is InChI=1S/C21H31N7O2/c1-6-28-12-24-17-18(23-11-14-8-7-9-15(30-5)16(14)22)26-20(27-19(17)28)25-13(2)10-21(3,4)29/h7-9,12-13,29H,6,10-11,22H2,1-5H3,(H2,23,25,26,27). The lowest BCUT2D eigenvalue weighted by Crippen LogP contribution is -2.29. The highest BCUT2D eigenvalue weighted by Gasteiger charge is 2.19. The Balaban J connectivity index is 1.90. The number of imidazole rings is 1. The van der Waals surface area contributed by atoms with Gasteiger partial charge in [0.15, 0.2) is 17.0 Å². The number of hydrogen-bond acceptors (Lipinski definition) is 8. The van der Waals surface area contributed by atoms with Crippen molar-refractivity contribution in [2.45, 2.75) is 58.8 Å². The molecule has 0 amide bonds. The summed E-state index contributed by atoms with van der Waals surface area (Å²) in [6, 6.07) is 5.66. The second kappa shape index (κ2) is 8.74. The van der Waals surface area contributed by atoms with Crippen molar-refractivity contribution in [1.29, 1.82) is 0 Å². The zero-order valence-electron chi connectivity index (χ0n) is 18.2. The molecule has 3 rings (SSSR count). The first-order chi connectivity index (χ1) is 14.2. The van der Waals surface area contributed by atoms with E-state index in [0.29, 0.717) is 41.7 Å². The van der Waals surface area contributed by atoms with Gasteiger partial charge in [0.05, 0.1) is 24.7 Å². The zero-order chi connectivity index (χ0) is 21.9. The lowest BCUT2D eigenvalue weighted by atomic mass is 10.0. The van der Waals surface area contributed by atoms with Crippen LogP contribution in [0.15, 0.2) is 24.5 Å². The minimum absolute atomic E-state index is 0.0117. The average molecular weight is 414 g/mol. The highest BCUT2D eigenvalue weighted by Crippen LogP contribution is 2.27. The van der Waals surface area contributed by atoms with E-state index in [2.05, 4.69) is 25.6 Å². The molecule has 1 aromatic carbocycles. The van der Waals surface area contributed by atoms with Gasteiger partial charge in [-0.25, -0.2) is 4.98 Å². The summed E-state index contributed by atoms with van der Waals surface area (Å²) in [6.07, 6.45) is 2.32. The van der Waals surface area contributed by atoms with Crippen LogP contribution in [-0.2, 0) is 13.1 Å². The second-order valence-electron chi connectivity index (χ2n) is 8.05. The third-order valence-corrected chi connectivity index (χ3v) is 4.81. The lowest BCUT2D eigenvalue weighted by molar-refractivity contribution is 0.0672. The Hall–Kier alpha value is -3.07. The molecule has 0 radical (unpaired) electrons. The van der Waals surface area contributed by atoms with E-state index in [1.54, 1.807) is 27.3 Å². The van der Waals surface area contributed by atoms with E-state index in [4.69, 9.17) is 10.5 Å². The van der Waals surface area contributed by atoms with Crippen molar-refractivity contribution in [1.82, 2.24) is 19.5 Å². The zero-order valence-corrected chi connectivity index (χ0v) is 18.2. The van der Waals surface area contributed by atoms with Gasteiger partial charge in [0.1, 0.15) is 5.75 Å². The number of aromatic nitrogens is 4. The topological polar surface area (TPSA) is 123 Å². The van der Waals surface area contributed by atoms with Crippen molar-refractivity contribution < 1.29 is 9.84 Å². The molecule has 0 aliphatic heterocycles. The maximum atomic E-state index is 10.1. The Labute approximate surface area is 176 Å². The Bertz CT molecular complexity index is 1010. The summed E-state index contributed by atoms with van der Waals surface area (Å²) in [5.41, 5.74) is 8.34. The van der Waals surface area contributed by atoms with Crippen LogP contribution in [0.1, 0.15) is 39.7 Å². The summed E-state index contributed by atoms with van der Waals surface area (Å²) >= 11 is 0. The lowest BCUT2D eigenvalue weighted by Gasteiger charge is -2.23. The van der Waals surface area contributed by atoms with Crippen LogP contribution in [0.2, 0.25) is 0 Å². The van der Waals surface area contributed by atoms with E-state index in [1.165, 1.54) is 0 Å². The van der Waals surface area contributed by atoms with Crippen LogP contribution in [0.3, 0.4) is 0 Å². The van der Waals surface area contributed by atoms with Crippen molar-refractivity contribution in [3.63, 3.8) is 0 Å². The molecule has 9 heteroatoms. The largest absolute Gasteiger partial charge is 0.495 e. The third kappa shape index (κ3) is 4.91. The van der Waals surface area contributed by atoms with E-state index in [1.807, 2.05) is 36.6 Å². The number of methoxy groups -OCH3 is 1. The van der Waals surface area contributed by atoms with E-state index in [-0.39, 0.29) is 6.04 Å². The van der Waals surface area contributed by atoms with Gasteiger partial charge in [-0.1, -0.05) is 12.1 Å². The predicted octanol–water partition coefficient (Wildman–Crippen LogP) is 3.01. The van der Waals surface area contributed by atoms with Gasteiger partial charge < -0.3 is 30.8 Å². The van der Waals surface area contributed by atoms with Crippen LogP contribution in [0, 0.1) is 0 Å². The molecule has 0 aliphatic rings. The number of rotatable bonds is 9. The number of ether oxygens (including phenoxy) is 1. The van der Waals surface area contributed by atoms with Gasteiger partial charge >= 0.3 is 0 Å². The molecule has 1 unspecified atom stereocenters. The molecule has 3 aromatic rings. The molecule has 0 fully saturated rings. The van der Waals surface area contributed by atoms with Crippen molar-refractivity contribution in [2.75, 3.05) is 23.5 Å². The van der Waals surface area contributed by atoms with Crippen LogP contribution >= 0.6 is 0 Å². The monoisotopic (exact) mass is 413 g/mol. The quantitative estimate of drug-likeness (QED) is 0.395. The summed E-state index contributed by atoms with van der Waals surface area (Å²) < 4.78 is 7.27. The summed E-state index contributed by atoms with van der Waals surface area (Å²) in [4.78, 5) is 13.8. The van der Waals surface area contributed by atoms with Crippen molar-refractivity contribution in [3.05, 3.63) is 30.1 Å². The fraction of sp³-hybridized carbons (Fsp3) is 0.476. The maximum Gasteiger partial charge on any atom is 0.226 e. The van der Waals surface area contributed by atoms with Gasteiger partial charge in [0.25, 0.3) is 0 Å². The molecule has 0 bridgehead atoms. The fourth-order valence-electron chi connectivity index (χ4n) is 3.48. The Morgan fingerprint density at radius 3 is 2.73 bits per heavy atom. The van der Waals surface area contributed by atoms with Crippen LogP contribution in [0.4, 0.5) is 17.5 Å². The molecule has 0 saturated heterocycles. The van der Waals surface area contributed by atoms with Crippen molar-refractivity contribution in [3.8, 4) is 5.75 Å². The van der Waals surface area contributed by atoms with E-state index >= 15 is 0 Å². The molecule has 2 heterocycles. The van der Waals surface area contributed by atoms with Crippen LogP contribution in [-0.4, -0.2) is 43.4 Å². The molecule has 0 aliphatic carbocycles. The van der Waals surface area contributed by atoms with Crippen molar-refractivity contribution >= 4 is 28.6 Å². The minimum Gasteiger partial charge on any atom is -0.495 e. The number of anilines is 3. The van der Waals surface area contributed by atoms with Gasteiger partial charge in [0, 0.05) is 19.1 Å². The first-order valence-electron chi connectivity index (χ1n) is 10.1. The number of nitrogens with one attached hydrogen (secondary N) is 2. The predicted molar refractivity (Wildman–Crippen MR) is 120 cm³/mol. The number of benzene rings is 1.